The van der Waals surface area contributed by atoms with Crippen molar-refractivity contribution in [1.29, 1.82) is 0 Å². The number of amides is 1. The van der Waals surface area contributed by atoms with Gasteiger partial charge in [0.25, 0.3) is 0 Å². The summed E-state index contributed by atoms with van der Waals surface area (Å²) in [5, 5.41) is 1.77. The molecule has 4 rings (SSSR count). The van der Waals surface area contributed by atoms with Crippen molar-refractivity contribution < 1.29 is 9.53 Å². The lowest BCUT2D eigenvalue weighted by molar-refractivity contribution is 0.100. The summed E-state index contributed by atoms with van der Waals surface area (Å²) >= 11 is 0. The van der Waals surface area contributed by atoms with Gasteiger partial charge in [0.15, 0.2) is 0 Å². The second-order valence-electron chi connectivity index (χ2n) is 7.28. The highest BCUT2D eigenvalue weighted by Gasteiger charge is 2.17. The summed E-state index contributed by atoms with van der Waals surface area (Å²) in [4.78, 5) is 12.1. The molecule has 1 heterocycles. The molecule has 1 amide bonds. The molecule has 3 aromatic carbocycles. The number of carbonyl (C=O) groups is 1. The molecule has 1 aromatic heterocycles. The maximum atomic E-state index is 12.1. The fraction of sp³-hybridized carbons (Fsp3) is 0.208. The van der Waals surface area contributed by atoms with E-state index < -0.39 is 5.91 Å². The number of ether oxygens (including phenoxy) is 1. The van der Waals surface area contributed by atoms with E-state index in [0.29, 0.717) is 18.7 Å². The summed E-state index contributed by atoms with van der Waals surface area (Å²) in [6, 6.07) is 19.6. The van der Waals surface area contributed by atoms with Crippen molar-refractivity contribution >= 4 is 27.7 Å². The minimum atomic E-state index is -0.425. The van der Waals surface area contributed by atoms with E-state index in [1.165, 1.54) is 16.7 Å². The van der Waals surface area contributed by atoms with E-state index in [1.54, 1.807) is 13.2 Å². The van der Waals surface area contributed by atoms with E-state index >= 15 is 0 Å². The fourth-order valence-corrected chi connectivity index (χ4v) is 3.92. The van der Waals surface area contributed by atoms with Gasteiger partial charge in [0, 0.05) is 30.0 Å². The highest BCUT2D eigenvalue weighted by Crippen LogP contribution is 2.33. The first-order valence-electron chi connectivity index (χ1n) is 9.30. The lowest BCUT2D eigenvalue weighted by atomic mass is 10.0. The predicted molar refractivity (Wildman–Crippen MR) is 113 cm³/mol. The lowest BCUT2D eigenvalue weighted by Gasteiger charge is -2.12. The van der Waals surface area contributed by atoms with E-state index in [4.69, 9.17) is 10.5 Å². The Bertz CT molecular complexity index is 1200. The number of hydrogen-bond acceptors (Lipinski definition) is 2. The summed E-state index contributed by atoms with van der Waals surface area (Å²) in [5.41, 5.74) is 13.0. The Morgan fingerprint density at radius 3 is 2.68 bits per heavy atom. The molecular weight excluding hydrogens is 348 g/mol. The number of methoxy groups -OCH3 is 1. The van der Waals surface area contributed by atoms with E-state index in [2.05, 4.69) is 48.7 Å². The summed E-state index contributed by atoms with van der Waals surface area (Å²) in [6.45, 7) is 5.45. The molecule has 0 atom stereocenters. The van der Waals surface area contributed by atoms with Crippen LogP contribution in [0.3, 0.4) is 0 Å². The molecule has 4 heteroatoms. The molecule has 0 aliphatic heterocycles. The number of benzene rings is 3. The highest BCUT2D eigenvalue weighted by atomic mass is 16.5. The van der Waals surface area contributed by atoms with Crippen molar-refractivity contribution in [2.75, 3.05) is 7.11 Å². The quantitative estimate of drug-likeness (QED) is 0.561. The average Bonchev–Trinajstić information content (AvgIpc) is 2.97. The maximum absolute atomic E-state index is 12.1. The number of rotatable bonds is 5. The molecule has 0 spiro atoms. The number of fused-ring (bicyclic) bond motifs is 3. The molecule has 4 aromatic rings. The fourth-order valence-electron chi connectivity index (χ4n) is 3.92. The maximum Gasteiger partial charge on any atom is 0.249 e. The van der Waals surface area contributed by atoms with Crippen molar-refractivity contribution in [1.82, 2.24) is 4.57 Å². The van der Waals surface area contributed by atoms with Crippen molar-refractivity contribution in [2.24, 2.45) is 5.73 Å². The summed E-state index contributed by atoms with van der Waals surface area (Å²) in [5.74, 6) is -0.425. The van der Waals surface area contributed by atoms with Crippen LogP contribution >= 0.6 is 0 Å². The van der Waals surface area contributed by atoms with Crippen LogP contribution in [0.15, 0.2) is 48.5 Å². The SMILES string of the molecule is COCc1c[c]c2c3c(C(N)=O)cccc3n(Cc3ccc(C)cc3C)c2c1. The van der Waals surface area contributed by atoms with Gasteiger partial charge in [0.2, 0.25) is 5.91 Å². The largest absolute Gasteiger partial charge is 0.380 e. The highest BCUT2D eigenvalue weighted by molar-refractivity contribution is 6.17. The third-order valence-corrected chi connectivity index (χ3v) is 5.26. The standard InChI is InChI=1S/C24H23N2O2/c1-15-7-9-18(16(2)11-15)13-26-21-6-4-5-20(24(25)27)23(21)19-10-8-17(14-28-3)12-22(19)26/h4-9,11-12H,13-14H2,1-3H3,(H2,25,27). The molecule has 2 N–H and O–H groups in total. The van der Waals surface area contributed by atoms with Gasteiger partial charge in [-0.2, -0.15) is 0 Å². The normalized spacial score (nSPS) is 11.4. The van der Waals surface area contributed by atoms with E-state index in [-0.39, 0.29) is 0 Å². The zero-order valence-corrected chi connectivity index (χ0v) is 16.4. The van der Waals surface area contributed by atoms with Gasteiger partial charge in [-0.1, -0.05) is 29.8 Å². The minimum Gasteiger partial charge on any atom is -0.380 e. The van der Waals surface area contributed by atoms with Crippen molar-refractivity contribution in [3.63, 3.8) is 0 Å². The van der Waals surface area contributed by atoms with Crippen molar-refractivity contribution in [2.45, 2.75) is 27.0 Å². The third-order valence-electron chi connectivity index (χ3n) is 5.26. The molecule has 0 unspecified atom stereocenters. The van der Waals surface area contributed by atoms with Crippen LogP contribution in [-0.2, 0) is 17.9 Å². The van der Waals surface area contributed by atoms with Gasteiger partial charge < -0.3 is 15.0 Å². The minimum absolute atomic E-state index is 0.425. The van der Waals surface area contributed by atoms with Gasteiger partial charge in [0.05, 0.1) is 17.6 Å². The Morgan fingerprint density at radius 1 is 1.14 bits per heavy atom. The topological polar surface area (TPSA) is 57.2 Å². The van der Waals surface area contributed by atoms with Gasteiger partial charge in [-0.3, -0.25) is 4.79 Å². The molecule has 141 valence electrons. The summed E-state index contributed by atoms with van der Waals surface area (Å²) in [6.07, 6.45) is 0. The second-order valence-corrected chi connectivity index (χ2v) is 7.28. The zero-order valence-electron chi connectivity index (χ0n) is 16.4. The molecule has 1 radical (unpaired) electrons. The van der Waals surface area contributed by atoms with Crippen molar-refractivity contribution in [3.05, 3.63) is 82.4 Å². The average molecular weight is 371 g/mol. The zero-order chi connectivity index (χ0) is 19.8. The Labute approximate surface area is 164 Å². The first-order chi connectivity index (χ1) is 13.5. The number of aryl methyl sites for hydroxylation is 2. The molecule has 0 saturated carbocycles. The number of nitrogens with two attached hydrogens (primary N) is 1. The molecular formula is C24H23N2O2. The number of hydrogen-bond donors (Lipinski definition) is 1. The molecule has 4 nitrogen and oxygen atoms in total. The summed E-state index contributed by atoms with van der Waals surface area (Å²) in [7, 11) is 1.68. The molecule has 0 fully saturated rings. The lowest BCUT2D eigenvalue weighted by Crippen LogP contribution is -2.11. The smallest absolute Gasteiger partial charge is 0.249 e. The van der Waals surface area contributed by atoms with Crippen molar-refractivity contribution in [3.8, 4) is 0 Å². The second kappa shape index (κ2) is 7.13. The number of carbonyl (C=O) groups excluding carboxylic acids is 1. The molecule has 0 bridgehead atoms. The third kappa shape index (κ3) is 3.06. The molecule has 28 heavy (non-hydrogen) atoms. The first-order valence-corrected chi connectivity index (χ1v) is 9.30. The van der Waals surface area contributed by atoms with Crippen LogP contribution in [0.4, 0.5) is 0 Å². The predicted octanol–water partition coefficient (Wildman–Crippen LogP) is 4.51. The molecule has 0 aliphatic rings. The van der Waals surface area contributed by atoms with Crippen LogP contribution in [0.5, 0.6) is 0 Å². The first kappa shape index (κ1) is 18.3. The molecule has 0 aliphatic carbocycles. The van der Waals surface area contributed by atoms with Gasteiger partial charge in [-0.25, -0.2) is 0 Å². The van der Waals surface area contributed by atoms with Crippen LogP contribution in [0.25, 0.3) is 21.8 Å². The van der Waals surface area contributed by atoms with E-state index in [9.17, 15) is 4.79 Å². The Hall–Kier alpha value is -3.11. The monoisotopic (exact) mass is 371 g/mol. The van der Waals surface area contributed by atoms with Gasteiger partial charge >= 0.3 is 0 Å². The molecule has 0 saturated heterocycles. The van der Waals surface area contributed by atoms with E-state index in [1.807, 2.05) is 18.2 Å². The number of aromatic nitrogens is 1. The Morgan fingerprint density at radius 2 is 1.96 bits per heavy atom. The van der Waals surface area contributed by atoms with E-state index in [0.717, 1.165) is 27.4 Å². The van der Waals surface area contributed by atoms with Gasteiger partial charge in [0.1, 0.15) is 0 Å². The van der Waals surface area contributed by atoms with Crippen LogP contribution in [0.1, 0.15) is 32.6 Å². The van der Waals surface area contributed by atoms with Crippen LogP contribution in [-0.4, -0.2) is 17.6 Å². The van der Waals surface area contributed by atoms with Gasteiger partial charge in [-0.15, -0.1) is 0 Å². The van der Waals surface area contributed by atoms with Crippen LogP contribution < -0.4 is 5.73 Å². The van der Waals surface area contributed by atoms with Crippen LogP contribution in [0, 0.1) is 19.9 Å². The Balaban J connectivity index is 2.02. The number of primary amides is 1. The number of nitrogens with zero attached hydrogens (tertiary/aromatic N) is 1. The van der Waals surface area contributed by atoms with Crippen LogP contribution in [0.2, 0.25) is 0 Å². The summed E-state index contributed by atoms with van der Waals surface area (Å²) < 4.78 is 7.54. The Kier molecular flexibility index (Phi) is 4.65. The van der Waals surface area contributed by atoms with Gasteiger partial charge in [-0.05, 0) is 60.9 Å².